The van der Waals surface area contributed by atoms with Crippen LogP contribution in [0.15, 0.2) is 70.0 Å². The third-order valence-electron chi connectivity index (χ3n) is 5.26. The van der Waals surface area contributed by atoms with Crippen molar-refractivity contribution in [3.05, 3.63) is 111 Å². The lowest BCUT2D eigenvalue weighted by Gasteiger charge is -2.09. The number of hydrogen-bond donors (Lipinski definition) is 0. The normalized spacial score (nSPS) is 12.9. The maximum Gasteiger partial charge on any atom is 0.305 e. The Morgan fingerprint density at radius 1 is 0.737 bits per heavy atom. The Morgan fingerprint density at radius 2 is 1.26 bits per heavy atom. The molecule has 3 aromatic carbocycles. The van der Waals surface area contributed by atoms with Gasteiger partial charge in [-0.05, 0) is 36.4 Å². The first-order valence-corrected chi connectivity index (χ1v) is 10.5. The summed E-state index contributed by atoms with van der Waals surface area (Å²) >= 11 is 0. The summed E-state index contributed by atoms with van der Waals surface area (Å²) in [5.74, 6) is -4.47. The molecule has 1 aromatic heterocycles. The van der Waals surface area contributed by atoms with E-state index in [1.807, 2.05) is 6.07 Å². The highest BCUT2D eigenvalue weighted by atomic mass is 19.1. The fourth-order valence-electron chi connectivity index (χ4n) is 3.68. The number of nitrogens with zero attached hydrogens (tertiary/aromatic N) is 8. The van der Waals surface area contributed by atoms with Crippen LogP contribution in [0.25, 0.3) is 39.0 Å². The molecule has 38 heavy (non-hydrogen) atoms. The Morgan fingerprint density at radius 3 is 1.74 bits per heavy atom. The Bertz CT molecular complexity index is 1840. The standard InChI is InChI=1S/C26H8F4N8/c1-33-21(11-32)26-34-20-3-2-18(19(10-31)22(20)35-26)25-37-23(12-4-14(27)8-15(28)5-12)36-24(38-25)13-6-16(29)9-17(30)7-13/h2-9H/b26-21+. The minimum Gasteiger partial charge on any atom is -0.238 e. The zero-order valence-electron chi connectivity index (χ0n) is 18.7. The van der Waals surface area contributed by atoms with Gasteiger partial charge >= 0.3 is 5.70 Å². The Kier molecular flexibility index (Phi) is 5.88. The van der Waals surface area contributed by atoms with Crippen molar-refractivity contribution in [3.8, 4) is 46.3 Å². The molecule has 1 aliphatic rings. The first-order chi connectivity index (χ1) is 18.3. The molecule has 5 rings (SSSR count). The Labute approximate surface area is 210 Å². The predicted octanol–water partition coefficient (Wildman–Crippen LogP) is 4.17. The fourth-order valence-corrected chi connectivity index (χ4v) is 3.68. The summed E-state index contributed by atoms with van der Waals surface area (Å²) < 4.78 is 55.9. The number of halogens is 4. The molecule has 12 heteroatoms. The lowest BCUT2D eigenvalue weighted by atomic mass is 10.1. The van der Waals surface area contributed by atoms with Gasteiger partial charge in [-0.25, -0.2) is 52.6 Å². The van der Waals surface area contributed by atoms with Crippen molar-refractivity contribution in [2.75, 3.05) is 0 Å². The van der Waals surface area contributed by atoms with Crippen molar-refractivity contribution in [3.63, 3.8) is 0 Å². The summed E-state index contributed by atoms with van der Waals surface area (Å²) in [5.41, 5.74) is -0.555. The van der Waals surface area contributed by atoms with Crippen LogP contribution in [0.2, 0.25) is 0 Å². The fraction of sp³-hybridized carbons (Fsp3) is 0. The number of benzene rings is 3. The lowest BCUT2D eigenvalue weighted by Crippen LogP contribution is -2.25. The monoisotopic (exact) mass is 508 g/mol. The molecule has 0 saturated carbocycles. The van der Waals surface area contributed by atoms with E-state index >= 15 is 0 Å². The number of aromatic nitrogens is 3. The highest BCUT2D eigenvalue weighted by Crippen LogP contribution is 2.27. The van der Waals surface area contributed by atoms with Crippen LogP contribution in [0.4, 0.5) is 17.6 Å². The van der Waals surface area contributed by atoms with Crippen LogP contribution >= 0.6 is 0 Å². The van der Waals surface area contributed by atoms with Crippen molar-refractivity contribution in [2.24, 2.45) is 9.98 Å². The van der Waals surface area contributed by atoms with Gasteiger partial charge in [0, 0.05) is 28.8 Å². The van der Waals surface area contributed by atoms with E-state index in [2.05, 4.69) is 29.8 Å². The second kappa shape index (κ2) is 9.34. The van der Waals surface area contributed by atoms with Crippen LogP contribution < -0.4 is 10.7 Å². The van der Waals surface area contributed by atoms with Crippen molar-refractivity contribution in [1.29, 1.82) is 10.5 Å². The Balaban J connectivity index is 1.81. The lowest BCUT2D eigenvalue weighted by molar-refractivity contribution is 0.583. The molecule has 0 aliphatic carbocycles. The van der Waals surface area contributed by atoms with Crippen LogP contribution in [0.3, 0.4) is 0 Å². The second-order valence-corrected chi connectivity index (χ2v) is 7.71. The summed E-state index contributed by atoms with van der Waals surface area (Å²) in [6.07, 6.45) is 0. The average Bonchev–Trinajstić information content (AvgIpc) is 3.31. The van der Waals surface area contributed by atoms with Gasteiger partial charge in [0.05, 0.1) is 23.6 Å². The molecule has 0 spiro atoms. The average molecular weight is 508 g/mol. The molecule has 1 aliphatic heterocycles. The van der Waals surface area contributed by atoms with E-state index in [0.717, 1.165) is 24.3 Å². The first-order valence-electron chi connectivity index (χ1n) is 10.5. The van der Waals surface area contributed by atoms with Gasteiger partial charge in [-0.1, -0.05) is 0 Å². The highest BCUT2D eigenvalue weighted by molar-refractivity contribution is 5.70. The summed E-state index contributed by atoms with van der Waals surface area (Å²) in [7, 11) is 0. The van der Waals surface area contributed by atoms with Gasteiger partial charge < -0.3 is 0 Å². The van der Waals surface area contributed by atoms with Crippen molar-refractivity contribution in [2.45, 2.75) is 0 Å². The van der Waals surface area contributed by atoms with Crippen LogP contribution in [0, 0.1) is 52.5 Å². The summed E-state index contributed by atoms with van der Waals surface area (Å²) in [6.45, 7) is 7.10. The molecule has 0 bridgehead atoms. The van der Waals surface area contributed by atoms with Crippen molar-refractivity contribution < 1.29 is 17.6 Å². The zero-order valence-corrected chi connectivity index (χ0v) is 18.7. The van der Waals surface area contributed by atoms with Crippen LogP contribution in [0.5, 0.6) is 0 Å². The van der Waals surface area contributed by atoms with E-state index < -0.39 is 23.3 Å². The maximum absolute atomic E-state index is 14.0. The second-order valence-electron chi connectivity index (χ2n) is 7.71. The SMILES string of the molecule is [C-]#[N+]/C(C#N)=C1\N=c2ccc(-c3nc(-c4cc(F)cc(F)c4)nc(-c4cc(F)cc(F)c4)n3)c(C#N)c2=N1. The molecule has 0 saturated heterocycles. The number of allylic oxidation sites excluding steroid dienone is 1. The third kappa shape index (κ3) is 4.32. The summed E-state index contributed by atoms with van der Waals surface area (Å²) in [5, 5.41) is 19.3. The van der Waals surface area contributed by atoms with Crippen LogP contribution in [-0.2, 0) is 0 Å². The largest absolute Gasteiger partial charge is 0.305 e. The highest BCUT2D eigenvalue weighted by Gasteiger charge is 2.20. The molecule has 0 N–H and O–H groups in total. The van der Waals surface area contributed by atoms with Gasteiger partial charge in [-0.15, -0.1) is 0 Å². The molecule has 0 atom stereocenters. The van der Waals surface area contributed by atoms with Gasteiger partial charge in [-0.2, -0.15) is 5.26 Å². The molecule has 8 nitrogen and oxygen atoms in total. The first kappa shape index (κ1) is 23.9. The van der Waals surface area contributed by atoms with Gasteiger partial charge in [0.2, 0.25) is 0 Å². The Hall–Kier alpha value is -5.80. The summed E-state index contributed by atoms with van der Waals surface area (Å²) in [4.78, 5) is 24.0. The topological polar surface area (TPSA) is 115 Å². The molecular weight excluding hydrogens is 500 g/mol. The number of rotatable bonds is 3. The molecule has 0 amide bonds. The van der Waals surface area contributed by atoms with E-state index in [1.54, 1.807) is 6.07 Å². The number of nitriles is 2. The molecule has 4 aromatic rings. The molecular formula is C26H8F4N8. The smallest absolute Gasteiger partial charge is 0.238 e. The number of fused-ring (bicyclic) bond motifs is 1. The molecule has 180 valence electrons. The minimum atomic E-state index is -0.914. The van der Waals surface area contributed by atoms with Crippen molar-refractivity contribution in [1.82, 2.24) is 15.0 Å². The van der Waals surface area contributed by atoms with Gasteiger partial charge in [-0.3, -0.25) is 0 Å². The van der Waals surface area contributed by atoms with E-state index in [4.69, 9.17) is 11.8 Å². The zero-order chi connectivity index (χ0) is 27.0. The predicted molar refractivity (Wildman–Crippen MR) is 122 cm³/mol. The third-order valence-corrected chi connectivity index (χ3v) is 5.26. The minimum absolute atomic E-state index is 0.0495. The quantitative estimate of drug-likeness (QED) is 0.234. The van der Waals surface area contributed by atoms with Gasteiger partial charge in [0.25, 0.3) is 0 Å². The molecule has 0 unspecified atom stereocenters. The van der Waals surface area contributed by atoms with Gasteiger partial charge in [0.1, 0.15) is 34.7 Å². The van der Waals surface area contributed by atoms with Crippen molar-refractivity contribution >= 4 is 0 Å². The van der Waals surface area contributed by atoms with E-state index in [1.165, 1.54) is 12.1 Å². The van der Waals surface area contributed by atoms with E-state index in [9.17, 15) is 22.8 Å². The van der Waals surface area contributed by atoms with Crippen LogP contribution in [-0.4, -0.2) is 15.0 Å². The van der Waals surface area contributed by atoms with E-state index in [0.29, 0.717) is 12.1 Å². The summed E-state index contributed by atoms with van der Waals surface area (Å²) in [6, 6.07) is 11.7. The molecule has 0 fully saturated rings. The maximum atomic E-state index is 14.0. The molecule has 0 radical (unpaired) electrons. The van der Waals surface area contributed by atoms with E-state index in [-0.39, 0.29) is 62.0 Å². The van der Waals surface area contributed by atoms with Gasteiger partial charge in [0.15, 0.2) is 23.3 Å². The number of hydrogen-bond acceptors (Lipinski definition) is 7. The molecule has 2 heterocycles. The van der Waals surface area contributed by atoms with Crippen LogP contribution in [0.1, 0.15) is 5.56 Å².